The number of hydrogen-bond acceptors (Lipinski definition) is 4. The van der Waals surface area contributed by atoms with E-state index in [-0.39, 0.29) is 23.8 Å². The predicted octanol–water partition coefficient (Wildman–Crippen LogP) is 3.37. The molecule has 1 saturated heterocycles. The summed E-state index contributed by atoms with van der Waals surface area (Å²) in [6.45, 7) is 0. The summed E-state index contributed by atoms with van der Waals surface area (Å²) in [5, 5.41) is 3.15. The molecule has 0 aromatic heterocycles. The molecule has 30 heavy (non-hydrogen) atoms. The van der Waals surface area contributed by atoms with Crippen LogP contribution in [0.4, 0.5) is 10.5 Å². The molecule has 7 nitrogen and oxygen atoms in total. The van der Waals surface area contributed by atoms with Crippen LogP contribution in [0.25, 0.3) is 0 Å². The lowest BCUT2D eigenvalue weighted by Gasteiger charge is -2.37. The second-order valence-electron chi connectivity index (χ2n) is 7.86. The number of nitrogens with one attached hydrogen (secondary N) is 1. The Hall–Kier alpha value is -3.19. The molecule has 5 amide bonds. The average Bonchev–Trinajstić information content (AvgIpc) is 3.14. The van der Waals surface area contributed by atoms with E-state index in [1.54, 1.807) is 48.5 Å². The Morgan fingerprint density at radius 3 is 2.03 bits per heavy atom. The molecule has 1 spiro atoms. The zero-order chi connectivity index (χ0) is 21.0. The van der Waals surface area contributed by atoms with Crippen molar-refractivity contribution in [1.29, 1.82) is 0 Å². The normalized spacial score (nSPS) is 25.8. The number of imide groups is 2. The second kappa shape index (κ2) is 6.67. The summed E-state index contributed by atoms with van der Waals surface area (Å²) in [6.07, 6.45) is 1.56. The number of anilines is 1. The molecule has 2 aromatic carbocycles. The van der Waals surface area contributed by atoms with Crippen molar-refractivity contribution in [2.45, 2.75) is 37.3 Å². The summed E-state index contributed by atoms with van der Waals surface area (Å²) in [4.78, 5) is 53.7. The maximum absolute atomic E-state index is 13.2. The van der Waals surface area contributed by atoms with Gasteiger partial charge in [-0.05, 0) is 49.9 Å². The highest BCUT2D eigenvalue weighted by atomic mass is 35.5. The van der Waals surface area contributed by atoms with Crippen LogP contribution >= 0.6 is 11.6 Å². The number of urea groups is 1. The number of amides is 5. The van der Waals surface area contributed by atoms with Gasteiger partial charge < -0.3 is 5.32 Å². The molecule has 5 rings (SSSR count). The number of nitrogens with zero attached hydrogens (tertiary/aromatic N) is 2. The minimum Gasteiger partial charge on any atom is -0.323 e. The Kier molecular flexibility index (Phi) is 4.18. The minimum absolute atomic E-state index is 0.295. The first-order chi connectivity index (χ1) is 14.4. The molecule has 2 heterocycles. The van der Waals surface area contributed by atoms with Crippen molar-refractivity contribution in [2.75, 3.05) is 4.90 Å². The number of rotatable bonds is 2. The number of carbonyl (C=O) groups is 4. The third kappa shape index (κ3) is 2.58. The third-order valence-corrected chi connectivity index (χ3v) is 6.57. The summed E-state index contributed by atoms with van der Waals surface area (Å²) in [7, 11) is 0. The first-order valence-electron chi connectivity index (χ1n) is 9.81. The van der Waals surface area contributed by atoms with Crippen LogP contribution in [-0.2, 0) is 4.79 Å². The van der Waals surface area contributed by atoms with Gasteiger partial charge in [0.1, 0.15) is 5.54 Å². The van der Waals surface area contributed by atoms with Crippen molar-refractivity contribution in [2.24, 2.45) is 0 Å². The molecule has 1 saturated carbocycles. The number of halogens is 1. The summed E-state index contributed by atoms with van der Waals surface area (Å²) in [5.74, 6) is -0.937. The number of benzene rings is 2. The molecule has 0 atom stereocenters. The van der Waals surface area contributed by atoms with Gasteiger partial charge in [0.2, 0.25) is 0 Å². The molecule has 3 aliphatic rings. The van der Waals surface area contributed by atoms with E-state index < -0.39 is 11.6 Å². The SMILES string of the molecule is O=C1N[C@]2(CC[C@H](N3C(=O)c4ccccc4C3=O)CC2)C(=O)N1c1ccccc1Cl. The Balaban J connectivity index is 1.36. The van der Waals surface area contributed by atoms with E-state index in [4.69, 9.17) is 11.6 Å². The molecule has 1 aliphatic carbocycles. The van der Waals surface area contributed by atoms with Gasteiger partial charge in [0.05, 0.1) is 21.8 Å². The van der Waals surface area contributed by atoms with Gasteiger partial charge in [-0.25, -0.2) is 9.69 Å². The first kappa shape index (κ1) is 18.8. The van der Waals surface area contributed by atoms with Gasteiger partial charge in [0, 0.05) is 6.04 Å². The van der Waals surface area contributed by atoms with E-state index in [1.165, 1.54) is 4.90 Å². The van der Waals surface area contributed by atoms with Crippen LogP contribution in [0.2, 0.25) is 5.02 Å². The number of carbonyl (C=O) groups excluding carboxylic acids is 4. The molecule has 152 valence electrons. The maximum Gasteiger partial charge on any atom is 0.329 e. The van der Waals surface area contributed by atoms with Crippen molar-refractivity contribution >= 4 is 41.0 Å². The van der Waals surface area contributed by atoms with Crippen LogP contribution in [0.15, 0.2) is 48.5 Å². The number of fused-ring (bicyclic) bond motifs is 1. The summed E-state index contributed by atoms with van der Waals surface area (Å²) >= 11 is 6.19. The van der Waals surface area contributed by atoms with Gasteiger partial charge >= 0.3 is 6.03 Å². The summed E-state index contributed by atoms with van der Waals surface area (Å²) < 4.78 is 0. The van der Waals surface area contributed by atoms with Crippen molar-refractivity contribution in [3.05, 3.63) is 64.7 Å². The van der Waals surface area contributed by atoms with Crippen LogP contribution in [0.3, 0.4) is 0 Å². The van der Waals surface area contributed by atoms with E-state index in [0.29, 0.717) is 47.5 Å². The largest absolute Gasteiger partial charge is 0.329 e. The van der Waals surface area contributed by atoms with Crippen LogP contribution in [0.1, 0.15) is 46.4 Å². The lowest BCUT2D eigenvalue weighted by atomic mass is 9.78. The highest BCUT2D eigenvalue weighted by Crippen LogP contribution is 2.40. The smallest absolute Gasteiger partial charge is 0.323 e. The van der Waals surface area contributed by atoms with Crippen molar-refractivity contribution in [1.82, 2.24) is 10.2 Å². The van der Waals surface area contributed by atoms with Crippen LogP contribution in [0.5, 0.6) is 0 Å². The fourth-order valence-corrected chi connectivity index (χ4v) is 4.92. The second-order valence-corrected chi connectivity index (χ2v) is 8.27. The highest BCUT2D eigenvalue weighted by molar-refractivity contribution is 6.36. The molecule has 0 bridgehead atoms. The summed E-state index contributed by atoms with van der Waals surface area (Å²) in [6, 6.07) is 12.7. The van der Waals surface area contributed by atoms with Gasteiger partial charge in [0.15, 0.2) is 0 Å². The molecule has 8 heteroatoms. The van der Waals surface area contributed by atoms with Gasteiger partial charge in [-0.2, -0.15) is 0 Å². The van der Waals surface area contributed by atoms with E-state index in [9.17, 15) is 19.2 Å². The Morgan fingerprint density at radius 2 is 1.43 bits per heavy atom. The van der Waals surface area contributed by atoms with Gasteiger partial charge in [-0.3, -0.25) is 19.3 Å². The maximum atomic E-state index is 13.2. The van der Waals surface area contributed by atoms with E-state index in [2.05, 4.69) is 5.32 Å². The van der Waals surface area contributed by atoms with Gasteiger partial charge in [0.25, 0.3) is 17.7 Å². The molecule has 1 N–H and O–H groups in total. The average molecular weight is 424 g/mol. The monoisotopic (exact) mass is 423 g/mol. The zero-order valence-electron chi connectivity index (χ0n) is 15.9. The van der Waals surface area contributed by atoms with Crippen LogP contribution in [-0.4, -0.2) is 40.2 Å². The molecule has 2 aromatic rings. The van der Waals surface area contributed by atoms with Crippen molar-refractivity contribution in [3.63, 3.8) is 0 Å². The Morgan fingerprint density at radius 1 is 0.867 bits per heavy atom. The zero-order valence-corrected chi connectivity index (χ0v) is 16.7. The molecule has 0 unspecified atom stereocenters. The molecular formula is C22H18ClN3O4. The van der Waals surface area contributed by atoms with Crippen LogP contribution < -0.4 is 10.2 Å². The van der Waals surface area contributed by atoms with Crippen molar-refractivity contribution < 1.29 is 19.2 Å². The highest BCUT2D eigenvalue weighted by Gasteiger charge is 2.55. The Bertz CT molecular complexity index is 1070. The Labute approximate surface area is 177 Å². The molecule has 2 aliphatic heterocycles. The first-order valence-corrected chi connectivity index (χ1v) is 10.2. The van der Waals surface area contributed by atoms with Gasteiger partial charge in [-0.1, -0.05) is 35.9 Å². The molecule has 2 fully saturated rings. The van der Waals surface area contributed by atoms with E-state index in [0.717, 1.165) is 4.90 Å². The standard InChI is InChI=1S/C22H18ClN3O4/c23-16-7-3-4-8-17(16)26-20(29)22(24-21(26)30)11-9-13(10-12-22)25-18(27)14-5-1-2-6-15(14)19(25)28/h1-8,13H,9-12H2,(H,24,30)/t13-,22-. The summed E-state index contributed by atoms with van der Waals surface area (Å²) in [5.41, 5.74) is 0.141. The number of para-hydroxylation sites is 1. The lowest BCUT2D eigenvalue weighted by Crippen LogP contribution is -2.53. The fourth-order valence-electron chi connectivity index (χ4n) is 4.70. The van der Waals surface area contributed by atoms with E-state index >= 15 is 0 Å². The quantitative estimate of drug-likeness (QED) is 0.592. The molecule has 0 radical (unpaired) electrons. The lowest BCUT2D eigenvalue weighted by molar-refractivity contribution is -0.123. The van der Waals surface area contributed by atoms with E-state index in [1.807, 2.05) is 0 Å². The molecular weight excluding hydrogens is 406 g/mol. The fraction of sp³-hybridized carbons (Fsp3) is 0.273. The van der Waals surface area contributed by atoms with Crippen LogP contribution in [0, 0.1) is 0 Å². The van der Waals surface area contributed by atoms with Gasteiger partial charge in [-0.15, -0.1) is 0 Å². The number of hydrogen-bond donors (Lipinski definition) is 1. The minimum atomic E-state index is -1.04. The third-order valence-electron chi connectivity index (χ3n) is 6.25. The topological polar surface area (TPSA) is 86.8 Å². The predicted molar refractivity (Wildman–Crippen MR) is 109 cm³/mol. The van der Waals surface area contributed by atoms with Crippen molar-refractivity contribution in [3.8, 4) is 0 Å².